The Morgan fingerprint density at radius 2 is 2.25 bits per heavy atom. The molecule has 0 amide bonds. The Bertz CT molecular complexity index is 383. The highest BCUT2D eigenvalue weighted by atomic mass is 15.3. The lowest BCUT2D eigenvalue weighted by Crippen LogP contribution is -2.55. The van der Waals surface area contributed by atoms with Crippen LogP contribution in [-0.4, -0.2) is 31.7 Å². The maximum absolute atomic E-state index is 6.02. The predicted octanol–water partition coefficient (Wildman–Crippen LogP) is 0.740. The van der Waals surface area contributed by atoms with Crippen LogP contribution in [0.4, 0.5) is 5.69 Å². The maximum Gasteiger partial charge on any atom is 0.0660 e. The molecule has 2 aliphatic rings. The van der Waals surface area contributed by atoms with E-state index in [0.29, 0.717) is 0 Å². The zero-order chi connectivity index (χ0) is 11.0. The van der Waals surface area contributed by atoms with Crippen LogP contribution in [0.15, 0.2) is 24.3 Å². The van der Waals surface area contributed by atoms with E-state index in [0.717, 1.165) is 39.0 Å². The Morgan fingerprint density at radius 3 is 3.00 bits per heavy atom. The van der Waals surface area contributed by atoms with Gasteiger partial charge in [-0.15, -0.1) is 0 Å². The minimum atomic E-state index is 0.159. The molecule has 1 fully saturated rings. The van der Waals surface area contributed by atoms with E-state index in [4.69, 9.17) is 5.73 Å². The molecule has 1 aromatic carbocycles. The van der Waals surface area contributed by atoms with Gasteiger partial charge >= 0.3 is 0 Å². The van der Waals surface area contributed by atoms with Gasteiger partial charge < -0.3 is 16.0 Å². The fourth-order valence-corrected chi connectivity index (χ4v) is 3.08. The first-order valence-electron chi connectivity index (χ1n) is 6.12. The Kier molecular flexibility index (Phi) is 2.37. The van der Waals surface area contributed by atoms with Crippen LogP contribution in [0.3, 0.4) is 0 Å². The van der Waals surface area contributed by atoms with Crippen molar-refractivity contribution in [2.24, 2.45) is 5.73 Å². The van der Waals surface area contributed by atoms with Gasteiger partial charge in [-0.1, -0.05) is 18.2 Å². The smallest absolute Gasteiger partial charge is 0.0660 e. The van der Waals surface area contributed by atoms with Crippen LogP contribution in [0.1, 0.15) is 12.0 Å². The van der Waals surface area contributed by atoms with Gasteiger partial charge in [0, 0.05) is 25.3 Å². The predicted molar refractivity (Wildman–Crippen MR) is 66.8 cm³/mol. The van der Waals surface area contributed by atoms with Crippen LogP contribution >= 0.6 is 0 Å². The van der Waals surface area contributed by atoms with E-state index >= 15 is 0 Å². The molecule has 16 heavy (non-hydrogen) atoms. The van der Waals surface area contributed by atoms with Crippen molar-refractivity contribution in [2.45, 2.75) is 18.4 Å². The number of nitrogens with one attached hydrogen (secondary N) is 1. The summed E-state index contributed by atoms with van der Waals surface area (Å²) in [5.74, 6) is 0. The van der Waals surface area contributed by atoms with Gasteiger partial charge in [-0.3, -0.25) is 0 Å². The van der Waals surface area contributed by atoms with E-state index in [1.54, 1.807) is 0 Å². The lowest BCUT2D eigenvalue weighted by molar-refractivity contribution is 0.438. The highest BCUT2D eigenvalue weighted by Gasteiger charge is 2.40. The second-order valence-corrected chi connectivity index (χ2v) is 4.89. The molecule has 1 unspecified atom stereocenters. The topological polar surface area (TPSA) is 41.3 Å². The van der Waals surface area contributed by atoms with Crippen molar-refractivity contribution in [1.82, 2.24) is 5.32 Å². The van der Waals surface area contributed by atoms with Gasteiger partial charge in [0.1, 0.15) is 0 Å². The minimum Gasteiger partial charge on any atom is -0.363 e. The second-order valence-electron chi connectivity index (χ2n) is 4.89. The molecule has 0 bridgehead atoms. The number of para-hydroxylation sites is 1. The largest absolute Gasteiger partial charge is 0.363 e. The summed E-state index contributed by atoms with van der Waals surface area (Å²) in [4.78, 5) is 2.53. The van der Waals surface area contributed by atoms with Crippen molar-refractivity contribution >= 4 is 5.69 Å². The zero-order valence-electron chi connectivity index (χ0n) is 9.58. The summed E-state index contributed by atoms with van der Waals surface area (Å²) in [6.45, 7) is 3.99. The fourth-order valence-electron chi connectivity index (χ4n) is 3.08. The summed E-state index contributed by atoms with van der Waals surface area (Å²) in [6, 6.07) is 8.73. The molecule has 0 radical (unpaired) electrons. The molecule has 3 heteroatoms. The first kappa shape index (κ1) is 10.1. The average Bonchev–Trinajstić information content (AvgIpc) is 2.96. The monoisotopic (exact) mass is 217 g/mol. The van der Waals surface area contributed by atoms with Gasteiger partial charge in [0.15, 0.2) is 0 Å². The van der Waals surface area contributed by atoms with Crippen molar-refractivity contribution < 1.29 is 0 Å². The van der Waals surface area contributed by atoms with E-state index in [9.17, 15) is 0 Å². The molecule has 3 N–H and O–H groups in total. The zero-order valence-corrected chi connectivity index (χ0v) is 9.58. The van der Waals surface area contributed by atoms with Crippen LogP contribution in [0.2, 0.25) is 0 Å². The molecular weight excluding hydrogens is 198 g/mol. The Hall–Kier alpha value is -1.06. The molecule has 0 aliphatic carbocycles. The number of rotatable bonds is 2. The van der Waals surface area contributed by atoms with Crippen molar-refractivity contribution in [3.63, 3.8) is 0 Å². The third-order valence-electron chi connectivity index (χ3n) is 4.06. The van der Waals surface area contributed by atoms with Gasteiger partial charge in [-0.2, -0.15) is 0 Å². The minimum absolute atomic E-state index is 0.159. The Labute approximate surface area is 96.6 Å². The Balaban J connectivity index is 1.97. The number of benzene rings is 1. The number of nitrogens with zero attached hydrogens (tertiary/aromatic N) is 1. The molecule has 2 aliphatic heterocycles. The number of hydrogen-bond acceptors (Lipinski definition) is 3. The molecule has 0 saturated carbocycles. The van der Waals surface area contributed by atoms with E-state index in [2.05, 4.69) is 34.5 Å². The number of anilines is 1. The summed E-state index contributed by atoms with van der Waals surface area (Å²) in [7, 11) is 0. The summed E-state index contributed by atoms with van der Waals surface area (Å²) in [5, 5.41) is 3.45. The van der Waals surface area contributed by atoms with E-state index in [1.165, 1.54) is 11.3 Å². The molecule has 0 aromatic heterocycles. The summed E-state index contributed by atoms with van der Waals surface area (Å²) in [5.41, 5.74) is 9.06. The third-order valence-corrected chi connectivity index (χ3v) is 4.06. The molecule has 0 spiro atoms. The second kappa shape index (κ2) is 3.75. The maximum atomic E-state index is 6.02. The highest BCUT2D eigenvalue weighted by molar-refractivity contribution is 5.60. The quantitative estimate of drug-likeness (QED) is 0.768. The first-order valence-corrected chi connectivity index (χ1v) is 6.12. The van der Waals surface area contributed by atoms with E-state index in [1.807, 2.05) is 0 Å². The number of nitrogens with two attached hydrogens (primary N) is 1. The van der Waals surface area contributed by atoms with Crippen LogP contribution < -0.4 is 16.0 Å². The van der Waals surface area contributed by atoms with Crippen LogP contribution in [-0.2, 0) is 6.42 Å². The molecule has 3 rings (SSSR count). The molecule has 3 nitrogen and oxygen atoms in total. The van der Waals surface area contributed by atoms with E-state index < -0.39 is 0 Å². The van der Waals surface area contributed by atoms with E-state index in [-0.39, 0.29) is 5.54 Å². The molecule has 1 saturated heterocycles. The number of hydrogen-bond donors (Lipinski definition) is 2. The highest BCUT2D eigenvalue weighted by Crippen LogP contribution is 2.35. The summed E-state index contributed by atoms with van der Waals surface area (Å²) >= 11 is 0. The number of fused-ring (bicyclic) bond motifs is 1. The van der Waals surface area contributed by atoms with Gasteiger partial charge in [-0.05, 0) is 31.0 Å². The lowest BCUT2D eigenvalue weighted by Gasteiger charge is -2.39. The van der Waals surface area contributed by atoms with Gasteiger partial charge in [-0.25, -0.2) is 0 Å². The lowest BCUT2D eigenvalue weighted by atomic mass is 9.96. The third kappa shape index (κ3) is 1.35. The van der Waals surface area contributed by atoms with Gasteiger partial charge in [0.05, 0.1) is 5.54 Å². The summed E-state index contributed by atoms with van der Waals surface area (Å²) in [6.07, 6.45) is 2.33. The molecule has 2 heterocycles. The van der Waals surface area contributed by atoms with Crippen molar-refractivity contribution in [1.29, 1.82) is 0 Å². The van der Waals surface area contributed by atoms with Gasteiger partial charge in [0.25, 0.3) is 0 Å². The van der Waals surface area contributed by atoms with Crippen molar-refractivity contribution in [3.05, 3.63) is 29.8 Å². The fraction of sp³-hybridized carbons (Fsp3) is 0.538. The molecule has 86 valence electrons. The Morgan fingerprint density at radius 1 is 1.38 bits per heavy atom. The molecule has 1 aromatic rings. The van der Waals surface area contributed by atoms with Crippen LogP contribution in [0.25, 0.3) is 0 Å². The normalized spacial score (nSPS) is 28.4. The molecule has 1 atom stereocenters. The SMILES string of the molecule is NCC1(N2CCc3ccccc32)CCNC1. The van der Waals surface area contributed by atoms with Crippen LogP contribution in [0.5, 0.6) is 0 Å². The standard InChI is InChI=1S/C13H19N3/c14-9-13(6-7-15-10-13)16-8-5-11-3-1-2-4-12(11)16/h1-4,15H,5-10,14H2. The summed E-state index contributed by atoms with van der Waals surface area (Å²) < 4.78 is 0. The van der Waals surface area contributed by atoms with Gasteiger partial charge in [0.2, 0.25) is 0 Å². The van der Waals surface area contributed by atoms with Crippen molar-refractivity contribution in [2.75, 3.05) is 31.1 Å². The first-order chi connectivity index (χ1) is 7.86. The van der Waals surface area contributed by atoms with Crippen molar-refractivity contribution in [3.8, 4) is 0 Å². The average molecular weight is 217 g/mol. The van der Waals surface area contributed by atoms with Crippen LogP contribution in [0, 0.1) is 0 Å². The molecular formula is C13H19N3.